The number of allylic oxidation sites excluding steroid dienone is 1. The monoisotopic (exact) mass is 443 g/mol. The van der Waals surface area contributed by atoms with E-state index in [0.29, 0.717) is 21.1 Å². The van der Waals surface area contributed by atoms with E-state index in [-0.39, 0.29) is 6.04 Å². The average molecular weight is 444 g/mol. The third kappa shape index (κ3) is 4.71. The van der Waals surface area contributed by atoms with Crippen LogP contribution < -0.4 is 5.32 Å². The molecule has 2 unspecified atom stereocenters. The van der Waals surface area contributed by atoms with Gasteiger partial charge in [-0.1, -0.05) is 53.9 Å². The van der Waals surface area contributed by atoms with Gasteiger partial charge in [0.1, 0.15) is 5.82 Å². The molecule has 1 heterocycles. The molecule has 0 saturated carbocycles. The number of rotatable bonds is 5. The number of aromatic nitrogens is 2. The number of halogens is 2. The second-order valence-corrected chi connectivity index (χ2v) is 9.25. The molecule has 0 fully saturated rings. The zero-order valence-electron chi connectivity index (χ0n) is 16.5. The Morgan fingerprint density at radius 3 is 2.69 bits per heavy atom. The van der Waals surface area contributed by atoms with Crippen LogP contribution >= 0.6 is 35.0 Å². The van der Waals surface area contributed by atoms with E-state index in [1.165, 1.54) is 30.2 Å². The quantitative estimate of drug-likeness (QED) is 0.324. The summed E-state index contributed by atoms with van der Waals surface area (Å²) in [5.74, 6) is 1.57. The molecule has 1 aliphatic rings. The van der Waals surface area contributed by atoms with Crippen molar-refractivity contribution in [1.29, 1.82) is 0 Å². The summed E-state index contributed by atoms with van der Waals surface area (Å²) in [5, 5.41) is 6.57. The van der Waals surface area contributed by atoms with E-state index < -0.39 is 0 Å². The molecule has 6 heteroatoms. The first-order valence-corrected chi connectivity index (χ1v) is 11.4. The Hall–Kier alpha value is -1.75. The summed E-state index contributed by atoms with van der Waals surface area (Å²) < 4.78 is 0. The molecule has 3 nitrogen and oxygen atoms in total. The number of nitrogens with one attached hydrogen (secondary N) is 1. The topological polar surface area (TPSA) is 37.8 Å². The van der Waals surface area contributed by atoms with Crippen LogP contribution in [0.5, 0.6) is 0 Å². The molecule has 0 radical (unpaired) electrons. The van der Waals surface area contributed by atoms with Gasteiger partial charge in [0.15, 0.2) is 5.16 Å². The van der Waals surface area contributed by atoms with E-state index >= 15 is 0 Å². The van der Waals surface area contributed by atoms with Crippen molar-refractivity contribution < 1.29 is 0 Å². The Balaban J connectivity index is 1.67. The van der Waals surface area contributed by atoms with Crippen molar-refractivity contribution in [3.05, 3.63) is 64.2 Å². The Labute approximate surface area is 185 Å². The van der Waals surface area contributed by atoms with Gasteiger partial charge in [-0.3, -0.25) is 0 Å². The van der Waals surface area contributed by atoms with Gasteiger partial charge in [-0.2, -0.15) is 0 Å². The molecule has 3 aromatic rings. The van der Waals surface area contributed by atoms with E-state index in [9.17, 15) is 0 Å². The minimum Gasteiger partial charge on any atom is -0.363 e. The van der Waals surface area contributed by atoms with Gasteiger partial charge in [0.2, 0.25) is 0 Å². The molecule has 29 heavy (non-hydrogen) atoms. The molecular weight excluding hydrogens is 421 g/mol. The number of para-hydroxylation sites is 1. The predicted molar refractivity (Wildman–Crippen MR) is 124 cm³/mol. The molecule has 0 aliphatic heterocycles. The molecule has 2 atom stereocenters. The minimum absolute atomic E-state index is 0.285. The van der Waals surface area contributed by atoms with E-state index in [0.717, 1.165) is 28.0 Å². The highest BCUT2D eigenvalue weighted by Gasteiger charge is 2.20. The lowest BCUT2D eigenvalue weighted by atomic mass is 9.84. The Kier molecular flexibility index (Phi) is 6.33. The fourth-order valence-corrected chi connectivity index (χ4v) is 5.12. The third-order valence-corrected chi connectivity index (χ3v) is 7.03. The number of anilines is 1. The zero-order valence-corrected chi connectivity index (χ0v) is 18.8. The summed E-state index contributed by atoms with van der Waals surface area (Å²) in [7, 11) is 0. The van der Waals surface area contributed by atoms with Crippen molar-refractivity contribution >= 4 is 51.7 Å². The molecule has 0 amide bonds. The number of benzene rings is 2. The Morgan fingerprint density at radius 1 is 1.10 bits per heavy atom. The highest BCUT2D eigenvalue weighted by atomic mass is 35.5. The van der Waals surface area contributed by atoms with E-state index in [1.807, 2.05) is 30.3 Å². The highest BCUT2D eigenvalue weighted by molar-refractivity contribution is 7.99. The van der Waals surface area contributed by atoms with Crippen LogP contribution in [0.15, 0.2) is 64.2 Å². The molecule has 2 aromatic carbocycles. The lowest BCUT2D eigenvalue weighted by molar-refractivity contribution is 0.480. The predicted octanol–water partition coefficient (Wildman–Crippen LogP) is 7.63. The van der Waals surface area contributed by atoms with Gasteiger partial charge in [-0.25, -0.2) is 9.97 Å². The van der Waals surface area contributed by atoms with Crippen LogP contribution in [-0.4, -0.2) is 16.0 Å². The smallest absolute Gasteiger partial charge is 0.195 e. The lowest BCUT2D eigenvalue weighted by Gasteiger charge is -2.27. The largest absolute Gasteiger partial charge is 0.363 e. The minimum atomic E-state index is 0.285. The van der Waals surface area contributed by atoms with Crippen LogP contribution in [0.1, 0.15) is 33.1 Å². The van der Waals surface area contributed by atoms with Gasteiger partial charge >= 0.3 is 0 Å². The normalized spacial score (nSPS) is 19.2. The summed E-state index contributed by atoms with van der Waals surface area (Å²) in [6.45, 7) is 4.50. The maximum Gasteiger partial charge on any atom is 0.195 e. The highest BCUT2D eigenvalue weighted by Crippen LogP contribution is 2.35. The Bertz CT molecular complexity index is 1070. The maximum absolute atomic E-state index is 6.35. The van der Waals surface area contributed by atoms with Crippen molar-refractivity contribution in [1.82, 2.24) is 9.97 Å². The summed E-state index contributed by atoms with van der Waals surface area (Å²) in [6.07, 6.45) is 5.88. The number of hydrogen-bond acceptors (Lipinski definition) is 4. The number of hydrogen-bond donors (Lipinski definition) is 1. The van der Waals surface area contributed by atoms with E-state index in [2.05, 4.69) is 31.3 Å². The Morgan fingerprint density at radius 2 is 1.93 bits per heavy atom. The first-order chi connectivity index (χ1) is 14.0. The summed E-state index contributed by atoms with van der Waals surface area (Å²) in [6, 6.07) is 13.9. The first-order valence-electron chi connectivity index (χ1n) is 9.88. The number of fused-ring (bicyclic) bond motifs is 1. The van der Waals surface area contributed by atoms with Crippen LogP contribution in [0.4, 0.5) is 5.82 Å². The van der Waals surface area contributed by atoms with Gasteiger partial charge < -0.3 is 5.32 Å². The zero-order chi connectivity index (χ0) is 20.4. The van der Waals surface area contributed by atoms with Crippen LogP contribution in [0.25, 0.3) is 10.9 Å². The molecule has 1 aromatic heterocycles. The average Bonchev–Trinajstić information content (AvgIpc) is 2.70. The fourth-order valence-electron chi connectivity index (χ4n) is 3.83. The van der Waals surface area contributed by atoms with Gasteiger partial charge in [0, 0.05) is 21.3 Å². The van der Waals surface area contributed by atoms with Gasteiger partial charge in [-0.15, -0.1) is 0 Å². The first kappa shape index (κ1) is 20.5. The number of nitrogens with zero attached hydrogens (tertiary/aromatic N) is 2. The molecule has 1 N–H and O–H groups in total. The van der Waals surface area contributed by atoms with E-state index in [1.54, 1.807) is 6.07 Å². The molecule has 0 spiro atoms. The van der Waals surface area contributed by atoms with Crippen molar-refractivity contribution in [2.24, 2.45) is 5.92 Å². The summed E-state index contributed by atoms with van der Waals surface area (Å²) in [5.41, 5.74) is 2.39. The second kappa shape index (κ2) is 8.95. The third-order valence-electron chi connectivity index (χ3n) is 5.43. The lowest BCUT2D eigenvalue weighted by Crippen LogP contribution is -2.24. The molecule has 0 saturated heterocycles. The second-order valence-electron chi connectivity index (χ2n) is 7.39. The van der Waals surface area contributed by atoms with Crippen LogP contribution in [0.2, 0.25) is 10.0 Å². The van der Waals surface area contributed by atoms with Crippen molar-refractivity contribution in [2.45, 2.75) is 49.2 Å². The van der Waals surface area contributed by atoms with Gasteiger partial charge in [-0.05, 0) is 74.2 Å². The van der Waals surface area contributed by atoms with Crippen LogP contribution in [-0.2, 0) is 0 Å². The van der Waals surface area contributed by atoms with Crippen LogP contribution in [0.3, 0.4) is 0 Å². The maximum atomic E-state index is 6.35. The van der Waals surface area contributed by atoms with E-state index in [4.69, 9.17) is 33.2 Å². The van der Waals surface area contributed by atoms with Crippen molar-refractivity contribution in [3.63, 3.8) is 0 Å². The van der Waals surface area contributed by atoms with Crippen molar-refractivity contribution in [3.8, 4) is 0 Å². The van der Waals surface area contributed by atoms with Crippen molar-refractivity contribution in [2.75, 3.05) is 5.32 Å². The van der Waals surface area contributed by atoms with Crippen LogP contribution in [0, 0.1) is 5.92 Å². The molecular formula is C23H23Cl2N3S. The molecule has 4 rings (SSSR count). The van der Waals surface area contributed by atoms with Gasteiger partial charge in [0.25, 0.3) is 0 Å². The molecule has 1 aliphatic carbocycles. The van der Waals surface area contributed by atoms with Gasteiger partial charge in [0.05, 0.1) is 10.5 Å². The molecule has 0 bridgehead atoms. The summed E-state index contributed by atoms with van der Waals surface area (Å²) in [4.78, 5) is 10.5. The SMILES string of the molecule is CCC1CCC(Nc2nc(Sc3ccc(Cl)cc3Cl)nc3ccccc23)C=C1C. The summed E-state index contributed by atoms with van der Waals surface area (Å²) >= 11 is 13.8. The standard InChI is InChI=1S/C23H23Cl2N3S/c1-3-15-8-10-17(12-14(15)2)26-22-18-6-4-5-7-20(18)27-23(28-22)29-21-11-9-16(24)13-19(21)25/h4-7,9,11-13,15,17H,3,8,10H2,1-2H3,(H,26,27,28). The molecule has 150 valence electrons. The fraction of sp³-hybridized carbons (Fsp3) is 0.304.